The van der Waals surface area contributed by atoms with Gasteiger partial charge in [-0.05, 0) is 62.2 Å². The fraction of sp³-hybridized carbons (Fsp3) is 0.241. The third-order valence-corrected chi connectivity index (χ3v) is 7.58. The Hall–Kier alpha value is -4.11. The van der Waals surface area contributed by atoms with E-state index in [2.05, 4.69) is 31.1 Å². The molecule has 5 aromatic rings. The van der Waals surface area contributed by atoms with E-state index >= 15 is 0 Å². The standard InChI is InChI=1S/C29H29FN6OS/c1-4-29(2,3)36-27(21-8-10-22(30)11-9-21)25(17-33-36)28-34-23(18-38-28)15-26(37)32-16-20-6-5-7-24(14-20)35-13-12-31-19-35/h5-14,17-19H,4,15-16H2,1-3H3,(H,32,37). The molecule has 0 aliphatic rings. The van der Waals surface area contributed by atoms with E-state index in [1.807, 2.05) is 51.3 Å². The minimum atomic E-state index is -0.285. The van der Waals surface area contributed by atoms with Crippen molar-refractivity contribution in [3.8, 4) is 27.5 Å². The molecule has 0 radical (unpaired) electrons. The number of carbonyl (C=O) groups is 1. The lowest BCUT2D eigenvalue weighted by Crippen LogP contribution is -2.27. The molecule has 3 aromatic heterocycles. The van der Waals surface area contributed by atoms with Crippen LogP contribution in [0.2, 0.25) is 0 Å². The Balaban J connectivity index is 1.32. The number of hydrogen-bond acceptors (Lipinski definition) is 5. The molecule has 0 saturated heterocycles. The van der Waals surface area contributed by atoms with Crippen LogP contribution in [0.15, 0.2) is 78.8 Å². The number of carbonyl (C=O) groups excluding carboxylic acids is 1. The smallest absolute Gasteiger partial charge is 0.226 e. The van der Waals surface area contributed by atoms with E-state index in [9.17, 15) is 9.18 Å². The van der Waals surface area contributed by atoms with Gasteiger partial charge in [0.1, 0.15) is 10.8 Å². The first kappa shape index (κ1) is 25.5. The van der Waals surface area contributed by atoms with Crippen LogP contribution in [0.1, 0.15) is 38.4 Å². The van der Waals surface area contributed by atoms with Gasteiger partial charge in [0.05, 0.1) is 41.4 Å². The van der Waals surface area contributed by atoms with Crippen molar-refractivity contribution in [1.82, 2.24) is 29.6 Å². The maximum atomic E-state index is 13.7. The van der Waals surface area contributed by atoms with E-state index in [-0.39, 0.29) is 23.7 Å². The lowest BCUT2D eigenvalue weighted by atomic mass is 10.00. The molecule has 0 saturated carbocycles. The van der Waals surface area contributed by atoms with Crippen LogP contribution >= 0.6 is 11.3 Å². The minimum absolute atomic E-state index is 0.101. The summed E-state index contributed by atoms with van der Waals surface area (Å²) in [6.45, 7) is 6.79. The van der Waals surface area contributed by atoms with Crippen LogP contribution in [0.3, 0.4) is 0 Å². The minimum Gasteiger partial charge on any atom is -0.352 e. The van der Waals surface area contributed by atoms with Crippen LogP contribution in [0, 0.1) is 5.82 Å². The molecule has 0 atom stereocenters. The first-order chi connectivity index (χ1) is 18.3. The number of benzene rings is 2. The fourth-order valence-electron chi connectivity index (χ4n) is 4.18. The van der Waals surface area contributed by atoms with Crippen LogP contribution in [-0.2, 0) is 23.3 Å². The Kier molecular flexibility index (Phi) is 7.20. The Morgan fingerprint density at radius 1 is 1.16 bits per heavy atom. The SMILES string of the molecule is CCC(C)(C)n1ncc(-c2nc(CC(=O)NCc3cccc(-n4ccnc4)c3)cs2)c1-c1ccc(F)cc1. The molecule has 0 aliphatic carbocycles. The van der Waals surface area contributed by atoms with E-state index in [1.165, 1.54) is 23.5 Å². The van der Waals surface area contributed by atoms with Gasteiger partial charge in [-0.2, -0.15) is 5.10 Å². The number of nitrogens with zero attached hydrogens (tertiary/aromatic N) is 5. The van der Waals surface area contributed by atoms with E-state index < -0.39 is 0 Å². The molecule has 0 aliphatic heterocycles. The van der Waals surface area contributed by atoms with Crippen molar-refractivity contribution >= 4 is 17.2 Å². The summed E-state index contributed by atoms with van der Waals surface area (Å²) in [6, 6.07) is 14.4. The van der Waals surface area contributed by atoms with E-state index in [0.29, 0.717) is 12.2 Å². The van der Waals surface area contributed by atoms with Crippen molar-refractivity contribution in [2.75, 3.05) is 0 Å². The second kappa shape index (κ2) is 10.7. The van der Waals surface area contributed by atoms with Crippen molar-refractivity contribution in [3.05, 3.63) is 95.9 Å². The third-order valence-electron chi connectivity index (χ3n) is 6.65. The summed E-state index contributed by atoms with van der Waals surface area (Å²) in [4.78, 5) is 21.6. The molecule has 9 heteroatoms. The highest BCUT2D eigenvalue weighted by Gasteiger charge is 2.26. The van der Waals surface area contributed by atoms with E-state index in [4.69, 9.17) is 10.1 Å². The largest absolute Gasteiger partial charge is 0.352 e. The van der Waals surface area contributed by atoms with Gasteiger partial charge in [-0.25, -0.2) is 14.4 Å². The van der Waals surface area contributed by atoms with E-state index in [0.717, 1.165) is 39.5 Å². The summed E-state index contributed by atoms with van der Waals surface area (Å²) in [6.07, 6.45) is 8.22. The number of hydrogen-bond donors (Lipinski definition) is 1. The van der Waals surface area contributed by atoms with Gasteiger partial charge in [-0.15, -0.1) is 11.3 Å². The number of aromatic nitrogens is 5. The van der Waals surface area contributed by atoms with Gasteiger partial charge in [0, 0.05) is 35.6 Å². The highest BCUT2D eigenvalue weighted by molar-refractivity contribution is 7.13. The molecular formula is C29H29FN6OS. The van der Waals surface area contributed by atoms with Crippen molar-refractivity contribution in [2.45, 2.75) is 45.7 Å². The second-order valence-corrected chi connectivity index (χ2v) is 10.6. The maximum absolute atomic E-state index is 13.7. The van der Waals surface area contributed by atoms with Gasteiger partial charge in [0.2, 0.25) is 5.91 Å². The Labute approximate surface area is 225 Å². The zero-order chi connectivity index (χ0) is 26.7. The summed E-state index contributed by atoms with van der Waals surface area (Å²) in [5.74, 6) is -0.386. The molecule has 38 heavy (non-hydrogen) atoms. The molecular weight excluding hydrogens is 499 g/mol. The zero-order valence-corrected chi connectivity index (χ0v) is 22.4. The van der Waals surface area contributed by atoms with Gasteiger partial charge in [0.15, 0.2) is 0 Å². The normalized spacial score (nSPS) is 11.6. The first-order valence-corrected chi connectivity index (χ1v) is 13.3. The average molecular weight is 529 g/mol. The zero-order valence-electron chi connectivity index (χ0n) is 21.6. The van der Waals surface area contributed by atoms with Gasteiger partial charge in [-0.1, -0.05) is 19.1 Å². The monoisotopic (exact) mass is 528 g/mol. The van der Waals surface area contributed by atoms with Crippen LogP contribution in [0.4, 0.5) is 4.39 Å². The molecule has 0 bridgehead atoms. The summed E-state index contributed by atoms with van der Waals surface area (Å²) in [5, 5.41) is 10.4. The molecule has 0 fully saturated rings. The topological polar surface area (TPSA) is 77.6 Å². The van der Waals surface area contributed by atoms with Crippen LogP contribution in [0.5, 0.6) is 0 Å². The van der Waals surface area contributed by atoms with Crippen LogP contribution in [-0.4, -0.2) is 30.2 Å². The number of rotatable bonds is 9. The van der Waals surface area contributed by atoms with Gasteiger partial charge in [0.25, 0.3) is 0 Å². The number of nitrogens with one attached hydrogen (secondary N) is 1. The summed E-state index contributed by atoms with van der Waals surface area (Å²) >= 11 is 1.48. The predicted octanol–water partition coefficient (Wildman–Crippen LogP) is 6.00. The Bertz CT molecular complexity index is 1540. The number of imidazole rings is 1. The van der Waals surface area contributed by atoms with Gasteiger partial charge in [-0.3, -0.25) is 9.48 Å². The Morgan fingerprint density at radius 2 is 1.97 bits per heavy atom. The van der Waals surface area contributed by atoms with Gasteiger partial charge >= 0.3 is 0 Å². The molecule has 7 nitrogen and oxygen atoms in total. The highest BCUT2D eigenvalue weighted by atomic mass is 32.1. The molecule has 5 rings (SSSR count). The van der Waals surface area contributed by atoms with Gasteiger partial charge < -0.3 is 9.88 Å². The van der Waals surface area contributed by atoms with Crippen molar-refractivity contribution in [2.24, 2.45) is 0 Å². The van der Waals surface area contributed by atoms with Crippen molar-refractivity contribution < 1.29 is 9.18 Å². The summed E-state index contributed by atoms with van der Waals surface area (Å²) < 4.78 is 17.6. The summed E-state index contributed by atoms with van der Waals surface area (Å²) in [5.41, 5.74) is 5.07. The molecule has 194 valence electrons. The molecule has 0 spiro atoms. The van der Waals surface area contributed by atoms with E-state index in [1.54, 1.807) is 24.7 Å². The Morgan fingerprint density at radius 3 is 2.71 bits per heavy atom. The lowest BCUT2D eigenvalue weighted by molar-refractivity contribution is -0.120. The lowest BCUT2D eigenvalue weighted by Gasteiger charge is -2.26. The maximum Gasteiger partial charge on any atom is 0.226 e. The van der Waals surface area contributed by atoms with Crippen LogP contribution < -0.4 is 5.32 Å². The predicted molar refractivity (Wildman–Crippen MR) is 147 cm³/mol. The number of halogens is 1. The fourth-order valence-corrected chi connectivity index (χ4v) is 5.01. The highest BCUT2D eigenvalue weighted by Crippen LogP contribution is 2.37. The molecule has 1 amide bonds. The van der Waals surface area contributed by atoms with Crippen molar-refractivity contribution in [3.63, 3.8) is 0 Å². The van der Waals surface area contributed by atoms with Crippen LogP contribution in [0.25, 0.3) is 27.5 Å². The first-order valence-electron chi connectivity index (χ1n) is 12.5. The molecule has 2 aromatic carbocycles. The third kappa shape index (κ3) is 5.43. The van der Waals surface area contributed by atoms with Crippen molar-refractivity contribution in [1.29, 1.82) is 0 Å². The molecule has 0 unspecified atom stereocenters. The quantitative estimate of drug-likeness (QED) is 0.254. The number of amides is 1. The molecule has 3 heterocycles. The number of thiazole rings is 1. The second-order valence-electron chi connectivity index (χ2n) is 9.73. The molecule has 1 N–H and O–H groups in total. The summed E-state index contributed by atoms with van der Waals surface area (Å²) in [7, 11) is 0. The average Bonchev–Trinajstić information content (AvgIpc) is 3.69.